The predicted octanol–water partition coefficient (Wildman–Crippen LogP) is 2.63. The fourth-order valence-corrected chi connectivity index (χ4v) is 2.55. The second-order valence-corrected chi connectivity index (χ2v) is 5.32. The molecule has 2 N–H and O–H groups in total. The number of benzene rings is 1. The lowest BCUT2D eigenvalue weighted by Gasteiger charge is -2.10. The van der Waals surface area contributed by atoms with Crippen molar-refractivity contribution in [2.45, 2.75) is 6.10 Å². The maximum absolute atomic E-state index is 11.8. The van der Waals surface area contributed by atoms with Crippen LogP contribution in [-0.2, 0) is 11.8 Å². The number of para-hydroxylation sites is 1. The van der Waals surface area contributed by atoms with E-state index in [4.69, 9.17) is 4.42 Å². The van der Waals surface area contributed by atoms with Gasteiger partial charge in [0.05, 0.1) is 12.4 Å². The van der Waals surface area contributed by atoms with Crippen LogP contribution in [0.4, 0.5) is 0 Å². The molecule has 0 aliphatic carbocycles. The predicted molar refractivity (Wildman–Crippen MR) is 88.6 cm³/mol. The van der Waals surface area contributed by atoms with Gasteiger partial charge in [-0.25, -0.2) is 0 Å². The first kappa shape index (κ1) is 15.1. The molecule has 0 radical (unpaired) electrons. The van der Waals surface area contributed by atoms with Crippen molar-refractivity contribution in [1.82, 2.24) is 9.88 Å². The third-order valence-corrected chi connectivity index (χ3v) is 3.70. The second kappa shape index (κ2) is 6.54. The Labute approximate surface area is 133 Å². The number of rotatable bonds is 5. The number of fused-ring (bicyclic) bond motifs is 1. The summed E-state index contributed by atoms with van der Waals surface area (Å²) in [4.78, 5) is 11.8. The van der Waals surface area contributed by atoms with E-state index in [0.29, 0.717) is 5.76 Å². The van der Waals surface area contributed by atoms with Gasteiger partial charge in [-0.05, 0) is 24.3 Å². The van der Waals surface area contributed by atoms with Crippen molar-refractivity contribution < 1.29 is 14.3 Å². The lowest BCUT2D eigenvalue weighted by atomic mass is 10.1. The molecule has 1 atom stereocenters. The zero-order chi connectivity index (χ0) is 16.2. The number of nitrogens with zero attached hydrogens (tertiary/aromatic N) is 1. The number of carbonyl (C=O) groups is 1. The number of aliphatic hydroxyl groups excluding tert-OH is 1. The van der Waals surface area contributed by atoms with Crippen LogP contribution in [0.15, 0.2) is 59.4 Å². The summed E-state index contributed by atoms with van der Waals surface area (Å²) >= 11 is 0. The number of nitrogens with one attached hydrogen (secondary N) is 1. The van der Waals surface area contributed by atoms with Gasteiger partial charge in [-0.3, -0.25) is 4.79 Å². The summed E-state index contributed by atoms with van der Waals surface area (Å²) in [7, 11) is 1.93. The van der Waals surface area contributed by atoms with Crippen LogP contribution in [0, 0.1) is 0 Å². The SMILES string of the molecule is Cn1cc(C(O)CNC(=O)/C=C/c2ccco2)c2ccccc21. The lowest BCUT2D eigenvalue weighted by molar-refractivity contribution is -0.116. The molecule has 0 aliphatic rings. The number of carbonyl (C=O) groups excluding carboxylic acids is 1. The molecular weight excluding hydrogens is 292 g/mol. The van der Waals surface area contributed by atoms with Crippen molar-refractivity contribution in [3.05, 3.63) is 66.3 Å². The highest BCUT2D eigenvalue weighted by atomic mass is 16.3. The number of aliphatic hydroxyl groups is 1. The van der Waals surface area contributed by atoms with Crippen molar-refractivity contribution in [2.24, 2.45) is 7.05 Å². The molecule has 5 heteroatoms. The third-order valence-electron chi connectivity index (χ3n) is 3.70. The first-order valence-electron chi connectivity index (χ1n) is 7.36. The molecule has 0 spiro atoms. The first-order chi connectivity index (χ1) is 11.1. The van der Waals surface area contributed by atoms with E-state index >= 15 is 0 Å². The summed E-state index contributed by atoms with van der Waals surface area (Å²) < 4.78 is 7.08. The van der Waals surface area contributed by atoms with Gasteiger partial charge in [-0.1, -0.05) is 18.2 Å². The van der Waals surface area contributed by atoms with Gasteiger partial charge in [-0.2, -0.15) is 0 Å². The molecule has 5 nitrogen and oxygen atoms in total. The number of furan rings is 1. The molecule has 1 unspecified atom stereocenters. The molecule has 23 heavy (non-hydrogen) atoms. The fraction of sp³-hybridized carbons (Fsp3) is 0.167. The number of hydrogen-bond acceptors (Lipinski definition) is 3. The molecule has 0 saturated carbocycles. The molecule has 0 fully saturated rings. The van der Waals surface area contributed by atoms with Crippen LogP contribution in [0.1, 0.15) is 17.4 Å². The Morgan fingerprint density at radius 3 is 2.96 bits per heavy atom. The quantitative estimate of drug-likeness (QED) is 0.712. The van der Waals surface area contributed by atoms with E-state index in [-0.39, 0.29) is 12.5 Å². The average Bonchev–Trinajstić information content (AvgIpc) is 3.19. The van der Waals surface area contributed by atoms with Crippen molar-refractivity contribution in [2.75, 3.05) is 6.54 Å². The summed E-state index contributed by atoms with van der Waals surface area (Å²) in [5.74, 6) is 0.329. The highest BCUT2D eigenvalue weighted by molar-refractivity contribution is 5.91. The number of amides is 1. The van der Waals surface area contributed by atoms with Crippen LogP contribution in [0.25, 0.3) is 17.0 Å². The van der Waals surface area contributed by atoms with Crippen molar-refractivity contribution in [3.8, 4) is 0 Å². The van der Waals surface area contributed by atoms with E-state index in [2.05, 4.69) is 5.32 Å². The topological polar surface area (TPSA) is 67.4 Å². The van der Waals surface area contributed by atoms with Crippen LogP contribution in [0.3, 0.4) is 0 Å². The minimum Gasteiger partial charge on any atom is -0.465 e. The van der Waals surface area contributed by atoms with Crippen LogP contribution in [0.5, 0.6) is 0 Å². The van der Waals surface area contributed by atoms with E-state index in [1.165, 1.54) is 6.08 Å². The largest absolute Gasteiger partial charge is 0.465 e. The van der Waals surface area contributed by atoms with E-state index < -0.39 is 6.10 Å². The molecule has 0 saturated heterocycles. The number of hydrogen-bond donors (Lipinski definition) is 2. The summed E-state index contributed by atoms with van der Waals surface area (Å²) in [6, 6.07) is 11.4. The molecule has 2 aromatic heterocycles. The van der Waals surface area contributed by atoms with Crippen molar-refractivity contribution in [3.63, 3.8) is 0 Å². The highest BCUT2D eigenvalue weighted by Gasteiger charge is 2.14. The maximum Gasteiger partial charge on any atom is 0.244 e. The monoisotopic (exact) mass is 310 g/mol. The molecule has 0 aliphatic heterocycles. The van der Waals surface area contributed by atoms with Crippen molar-refractivity contribution >= 4 is 22.9 Å². The molecule has 1 aromatic carbocycles. The smallest absolute Gasteiger partial charge is 0.244 e. The van der Waals surface area contributed by atoms with E-state index in [0.717, 1.165) is 16.5 Å². The standard InChI is InChI=1S/C18H18N2O3/c1-20-12-15(14-6-2-3-7-16(14)20)17(21)11-19-18(22)9-8-13-5-4-10-23-13/h2-10,12,17,21H,11H2,1H3,(H,19,22)/b9-8+. The van der Waals surface area contributed by atoms with Gasteiger partial charge in [0.2, 0.25) is 5.91 Å². The van der Waals surface area contributed by atoms with Gasteiger partial charge in [0.25, 0.3) is 0 Å². The van der Waals surface area contributed by atoms with Gasteiger partial charge in [-0.15, -0.1) is 0 Å². The van der Waals surface area contributed by atoms with E-state index in [1.807, 2.05) is 42.1 Å². The van der Waals surface area contributed by atoms with E-state index in [9.17, 15) is 9.90 Å². The first-order valence-corrected chi connectivity index (χ1v) is 7.36. The lowest BCUT2D eigenvalue weighted by Crippen LogP contribution is -2.26. The minimum atomic E-state index is -0.762. The maximum atomic E-state index is 11.8. The summed E-state index contributed by atoms with van der Waals surface area (Å²) in [5, 5.41) is 14.0. The summed E-state index contributed by atoms with van der Waals surface area (Å²) in [6.07, 6.45) is 5.64. The third kappa shape index (κ3) is 3.35. The van der Waals surface area contributed by atoms with Crippen LogP contribution >= 0.6 is 0 Å². The molecule has 3 aromatic rings. The van der Waals surface area contributed by atoms with Crippen LogP contribution in [0.2, 0.25) is 0 Å². The summed E-state index contributed by atoms with van der Waals surface area (Å²) in [5.41, 5.74) is 1.85. The number of aryl methyl sites for hydroxylation is 1. The highest BCUT2D eigenvalue weighted by Crippen LogP contribution is 2.25. The van der Waals surface area contributed by atoms with E-state index in [1.54, 1.807) is 24.5 Å². The zero-order valence-electron chi connectivity index (χ0n) is 12.8. The number of aromatic nitrogens is 1. The molecule has 1 amide bonds. The Balaban J connectivity index is 1.64. The Hall–Kier alpha value is -2.79. The molecule has 3 rings (SSSR count). The molecule has 0 bridgehead atoms. The fourth-order valence-electron chi connectivity index (χ4n) is 2.55. The van der Waals surface area contributed by atoms with Gasteiger partial charge in [0, 0.05) is 42.3 Å². The Bertz CT molecular complexity index is 831. The van der Waals surface area contributed by atoms with Gasteiger partial charge < -0.3 is 19.4 Å². The van der Waals surface area contributed by atoms with Gasteiger partial charge in [0.1, 0.15) is 5.76 Å². The normalized spacial score (nSPS) is 12.8. The minimum absolute atomic E-state index is 0.148. The van der Waals surface area contributed by atoms with Crippen LogP contribution in [-0.4, -0.2) is 22.1 Å². The Kier molecular flexibility index (Phi) is 4.30. The van der Waals surface area contributed by atoms with Gasteiger partial charge in [0.15, 0.2) is 0 Å². The molecular formula is C18H18N2O3. The second-order valence-electron chi connectivity index (χ2n) is 5.32. The van der Waals surface area contributed by atoms with Crippen LogP contribution < -0.4 is 5.32 Å². The average molecular weight is 310 g/mol. The van der Waals surface area contributed by atoms with Crippen molar-refractivity contribution in [1.29, 1.82) is 0 Å². The zero-order valence-corrected chi connectivity index (χ0v) is 12.8. The van der Waals surface area contributed by atoms with Gasteiger partial charge >= 0.3 is 0 Å². The summed E-state index contributed by atoms with van der Waals surface area (Å²) in [6.45, 7) is 0.148. The Morgan fingerprint density at radius 1 is 1.35 bits per heavy atom. The molecule has 2 heterocycles. The molecule has 118 valence electrons. The Morgan fingerprint density at radius 2 is 2.17 bits per heavy atom.